The van der Waals surface area contributed by atoms with Crippen molar-refractivity contribution in [1.82, 2.24) is 20.9 Å². The van der Waals surface area contributed by atoms with Gasteiger partial charge in [0.25, 0.3) is 11.8 Å². The van der Waals surface area contributed by atoms with Crippen LogP contribution in [-0.2, 0) is 35.2 Å². The van der Waals surface area contributed by atoms with Gasteiger partial charge >= 0.3 is 29.8 Å². The average molecular weight is 759 g/mol. The molecule has 288 valence electrons. The highest BCUT2D eigenvalue weighted by molar-refractivity contribution is 6.02. The van der Waals surface area contributed by atoms with E-state index in [0.717, 1.165) is 38.6 Å². The molecule has 0 radical (unpaired) electrons. The van der Waals surface area contributed by atoms with E-state index in [9.17, 15) is 43.5 Å². The minimum Gasteiger partial charge on any atom is -0.480 e. The van der Waals surface area contributed by atoms with E-state index in [4.69, 9.17) is 18.9 Å². The predicted molar refractivity (Wildman–Crippen MR) is 193 cm³/mol. The highest BCUT2D eigenvalue weighted by Crippen LogP contribution is 2.33. The molecule has 17 heteroatoms. The Labute approximate surface area is 313 Å². The van der Waals surface area contributed by atoms with Crippen LogP contribution in [0.5, 0.6) is 23.0 Å². The Balaban J connectivity index is 1.57. The van der Waals surface area contributed by atoms with Crippen LogP contribution in [0.2, 0.25) is 0 Å². The molecule has 3 amide bonds. The molecule has 0 saturated carbocycles. The lowest BCUT2D eigenvalue weighted by molar-refractivity contribution is -0.142. The number of amides is 3. The Morgan fingerprint density at radius 3 is 1.75 bits per heavy atom. The van der Waals surface area contributed by atoms with Crippen LogP contribution in [0, 0.1) is 0 Å². The Bertz CT molecular complexity index is 2140. The monoisotopic (exact) mass is 758 g/mol. The van der Waals surface area contributed by atoms with Crippen molar-refractivity contribution in [3.05, 3.63) is 83.6 Å². The number of aromatic nitrogens is 1. The molecular weight excluding hydrogens is 720 g/mol. The van der Waals surface area contributed by atoms with E-state index in [-0.39, 0.29) is 54.2 Å². The maximum atomic E-state index is 13.8. The topological polar surface area (TPSA) is 246 Å². The molecule has 0 aliphatic carbocycles. The Kier molecular flexibility index (Phi) is 13.8. The van der Waals surface area contributed by atoms with E-state index in [2.05, 4.69) is 20.9 Å². The first kappa shape index (κ1) is 40.7. The fraction of sp³-hybridized carbons (Fsp3) is 0.263. The molecule has 4 rings (SSSR count). The van der Waals surface area contributed by atoms with Gasteiger partial charge in [-0.1, -0.05) is 30.3 Å². The summed E-state index contributed by atoms with van der Waals surface area (Å²) in [6, 6.07) is 12.3. The van der Waals surface area contributed by atoms with Crippen molar-refractivity contribution in [2.24, 2.45) is 0 Å². The Morgan fingerprint density at radius 1 is 0.655 bits per heavy atom. The van der Waals surface area contributed by atoms with Crippen LogP contribution in [0.1, 0.15) is 66.8 Å². The fourth-order valence-electron chi connectivity index (χ4n) is 5.46. The molecule has 0 aliphatic heterocycles. The second-order valence-electron chi connectivity index (χ2n) is 12.0. The van der Waals surface area contributed by atoms with E-state index in [0.29, 0.717) is 5.56 Å². The van der Waals surface area contributed by atoms with Crippen LogP contribution in [0.4, 0.5) is 0 Å². The summed E-state index contributed by atoms with van der Waals surface area (Å²) < 4.78 is 20.5. The van der Waals surface area contributed by atoms with Crippen molar-refractivity contribution in [3.63, 3.8) is 0 Å². The van der Waals surface area contributed by atoms with Gasteiger partial charge in [-0.25, -0.2) is 4.79 Å². The van der Waals surface area contributed by atoms with Crippen molar-refractivity contribution in [2.45, 2.75) is 59.0 Å². The van der Waals surface area contributed by atoms with Gasteiger partial charge in [0, 0.05) is 57.8 Å². The molecule has 4 aromatic rings. The van der Waals surface area contributed by atoms with Crippen LogP contribution in [-0.4, -0.2) is 76.3 Å². The van der Waals surface area contributed by atoms with Crippen LogP contribution >= 0.6 is 0 Å². The number of para-hydroxylation sites is 3. The highest BCUT2D eigenvalue weighted by Gasteiger charge is 2.30. The maximum absolute atomic E-state index is 13.8. The van der Waals surface area contributed by atoms with Crippen molar-refractivity contribution in [2.75, 3.05) is 6.54 Å². The van der Waals surface area contributed by atoms with E-state index >= 15 is 0 Å². The first-order valence-electron chi connectivity index (χ1n) is 16.8. The van der Waals surface area contributed by atoms with Gasteiger partial charge < -0.3 is 45.0 Å². The summed E-state index contributed by atoms with van der Waals surface area (Å²) in [5, 5.41) is 18.5. The minimum atomic E-state index is -1.43. The minimum absolute atomic E-state index is 0.0289. The third kappa shape index (κ3) is 11.2. The van der Waals surface area contributed by atoms with Gasteiger partial charge in [0.15, 0.2) is 23.0 Å². The quantitative estimate of drug-likeness (QED) is 0.0628. The van der Waals surface area contributed by atoms with Gasteiger partial charge in [0.1, 0.15) is 12.1 Å². The summed E-state index contributed by atoms with van der Waals surface area (Å²) >= 11 is 0. The lowest BCUT2D eigenvalue weighted by atomic mass is 10.0. The third-order valence-corrected chi connectivity index (χ3v) is 7.74. The summed E-state index contributed by atoms with van der Waals surface area (Å²) in [6.45, 7) is 4.30. The standard InChI is InChI=1S/C38H38N4O13/c1-20(43)52-31-15-7-11-26(33(31)54-22(3)45)35(47)39-17-9-14-29(41-36(48)27-12-8-16-32(53-21(2)44)34(27)55-23(4)46)37(49)42-30(38(50)51)18-24-19-40-28-13-6-5-10-25(24)28/h5-8,10-13,15-16,19,29-30,40H,9,14,17-18H2,1-4H3,(H,39,47)(H,41,48)(H,42,49)(H,50,51)/t29?,30-/m0/s1. The number of carbonyl (C=O) groups excluding carboxylic acids is 7. The Hall–Kier alpha value is -7.04. The van der Waals surface area contributed by atoms with Gasteiger partial charge in [0.2, 0.25) is 5.91 Å². The third-order valence-electron chi connectivity index (χ3n) is 7.74. The number of hydrogen-bond acceptors (Lipinski definition) is 12. The van der Waals surface area contributed by atoms with E-state index in [1.165, 1.54) is 36.4 Å². The van der Waals surface area contributed by atoms with Gasteiger partial charge in [0.05, 0.1) is 11.1 Å². The zero-order chi connectivity index (χ0) is 40.2. The molecule has 0 spiro atoms. The smallest absolute Gasteiger partial charge is 0.326 e. The zero-order valence-electron chi connectivity index (χ0n) is 30.2. The molecule has 5 N–H and O–H groups in total. The molecule has 2 atom stereocenters. The van der Waals surface area contributed by atoms with Crippen LogP contribution in [0.3, 0.4) is 0 Å². The SMILES string of the molecule is CC(=O)Oc1cccc(C(=O)NCCCC(NC(=O)c2cccc(OC(C)=O)c2OC(C)=O)C(=O)N[C@@H](Cc2c[nH]c3ccccc23)C(=O)O)c1OC(C)=O. The first-order valence-corrected chi connectivity index (χ1v) is 16.8. The largest absolute Gasteiger partial charge is 0.480 e. The normalized spacial score (nSPS) is 11.7. The van der Waals surface area contributed by atoms with E-state index in [1.807, 2.05) is 12.1 Å². The zero-order valence-corrected chi connectivity index (χ0v) is 30.2. The summed E-state index contributed by atoms with van der Waals surface area (Å²) in [5.74, 6) is -8.09. The predicted octanol–water partition coefficient (Wildman–Crippen LogP) is 2.99. The summed E-state index contributed by atoms with van der Waals surface area (Å²) in [7, 11) is 0. The van der Waals surface area contributed by atoms with Crippen molar-refractivity contribution in [1.29, 1.82) is 0 Å². The lowest BCUT2D eigenvalue weighted by Crippen LogP contribution is -2.52. The number of aliphatic carboxylic acids is 1. The van der Waals surface area contributed by atoms with Crippen LogP contribution in [0.25, 0.3) is 10.9 Å². The maximum Gasteiger partial charge on any atom is 0.326 e. The van der Waals surface area contributed by atoms with Gasteiger partial charge in [-0.2, -0.15) is 0 Å². The van der Waals surface area contributed by atoms with Crippen molar-refractivity contribution in [3.8, 4) is 23.0 Å². The number of carboxylic acids is 1. The molecule has 1 aromatic heterocycles. The van der Waals surface area contributed by atoms with Gasteiger partial charge in [-0.3, -0.25) is 33.6 Å². The number of hydrogen-bond donors (Lipinski definition) is 5. The van der Waals surface area contributed by atoms with E-state index in [1.54, 1.807) is 18.3 Å². The summed E-state index contributed by atoms with van der Waals surface area (Å²) in [4.78, 5) is 103. The summed E-state index contributed by atoms with van der Waals surface area (Å²) in [6.07, 6.45) is 1.39. The Morgan fingerprint density at radius 2 is 1.20 bits per heavy atom. The first-order chi connectivity index (χ1) is 26.1. The molecule has 17 nitrogen and oxygen atoms in total. The summed E-state index contributed by atoms with van der Waals surface area (Å²) in [5.41, 5.74) is 0.965. The number of ether oxygens (including phenoxy) is 4. The number of aromatic amines is 1. The van der Waals surface area contributed by atoms with Gasteiger partial charge in [-0.15, -0.1) is 0 Å². The fourth-order valence-corrected chi connectivity index (χ4v) is 5.46. The number of rotatable bonds is 16. The van der Waals surface area contributed by atoms with Crippen molar-refractivity contribution < 1.29 is 62.4 Å². The number of carboxylic acid groups (broad SMARTS) is 1. The molecule has 55 heavy (non-hydrogen) atoms. The highest BCUT2D eigenvalue weighted by atomic mass is 16.6. The molecule has 0 bridgehead atoms. The van der Waals surface area contributed by atoms with Crippen LogP contribution < -0.4 is 34.9 Å². The average Bonchev–Trinajstić information content (AvgIpc) is 3.52. The molecule has 3 aromatic carbocycles. The number of H-pyrrole nitrogens is 1. The second-order valence-corrected chi connectivity index (χ2v) is 12.0. The van der Waals surface area contributed by atoms with Crippen LogP contribution in [0.15, 0.2) is 66.9 Å². The molecule has 1 unspecified atom stereocenters. The molecule has 0 aliphatic rings. The lowest BCUT2D eigenvalue weighted by Gasteiger charge is -2.22. The number of fused-ring (bicyclic) bond motifs is 1. The second kappa shape index (κ2) is 18.6. The number of nitrogens with one attached hydrogen (secondary N) is 4. The number of esters is 4. The van der Waals surface area contributed by atoms with Gasteiger partial charge in [-0.05, 0) is 48.7 Å². The molecular formula is C38H38N4O13. The van der Waals surface area contributed by atoms with E-state index < -0.39 is 65.4 Å². The van der Waals surface area contributed by atoms with Crippen molar-refractivity contribution >= 4 is 58.5 Å². The molecule has 1 heterocycles. The number of carbonyl (C=O) groups is 8. The number of benzene rings is 3. The molecule has 0 fully saturated rings. The molecule has 0 saturated heterocycles.